The van der Waals surface area contributed by atoms with E-state index in [1.165, 1.54) is 50.5 Å². The maximum atomic E-state index is 15.5. The third-order valence-corrected chi connectivity index (χ3v) is 9.49. The molecule has 2 saturated carbocycles. The van der Waals surface area contributed by atoms with Crippen LogP contribution in [0.25, 0.3) is 44.3 Å². The Morgan fingerprint density at radius 1 is 0.763 bits per heavy atom. The number of hydrogen-bond donors (Lipinski definition) is 0. The molecule has 2 aliphatic carbocycles. The van der Waals surface area contributed by atoms with Crippen LogP contribution in [-0.4, -0.2) is 0 Å². The number of furan rings is 1. The van der Waals surface area contributed by atoms with Gasteiger partial charge in [-0.15, -0.1) is 0 Å². The summed E-state index contributed by atoms with van der Waals surface area (Å²) in [5.41, 5.74) is 7.55. The summed E-state index contributed by atoms with van der Waals surface area (Å²) >= 11 is 0. The number of benzene rings is 3. The molecule has 2 aromatic heterocycles. The van der Waals surface area contributed by atoms with Gasteiger partial charge in [-0.2, -0.15) is 0 Å². The molecule has 0 bridgehead atoms. The van der Waals surface area contributed by atoms with Gasteiger partial charge >= 0.3 is 0 Å². The first-order valence-electron chi connectivity index (χ1n) is 14.3. The van der Waals surface area contributed by atoms with E-state index >= 15 is 4.39 Å². The molecular formula is C35H35FNO+. The van der Waals surface area contributed by atoms with Gasteiger partial charge in [0, 0.05) is 22.9 Å². The molecule has 38 heavy (non-hydrogen) atoms. The lowest BCUT2D eigenvalue weighted by atomic mass is 9.87. The summed E-state index contributed by atoms with van der Waals surface area (Å²) in [6.07, 6.45) is 11.7. The van der Waals surface area contributed by atoms with Crippen molar-refractivity contribution in [3.8, 4) is 22.4 Å². The quantitative estimate of drug-likeness (QED) is 0.223. The first-order chi connectivity index (χ1) is 18.6. The Bertz CT molecular complexity index is 1640. The number of rotatable bonds is 4. The maximum absolute atomic E-state index is 15.5. The molecule has 2 nitrogen and oxygen atoms in total. The number of aryl methyl sites for hydroxylation is 2. The van der Waals surface area contributed by atoms with Crippen molar-refractivity contribution in [2.45, 2.75) is 57.8 Å². The van der Waals surface area contributed by atoms with E-state index in [1.54, 1.807) is 6.07 Å². The SMILES string of the molecule is Cc1ccc2c(oc3c(-c4ccc(C5CCC(C6CCCC6)C5)cc4)c(F)ccc32)c1-c1cccc[n+]1C. The summed E-state index contributed by atoms with van der Waals surface area (Å²) in [5.74, 6) is 2.24. The molecule has 0 amide bonds. The van der Waals surface area contributed by atoms with Crippen molar-refractivity contribution in [1.29, 1.82) is 0 Å². The lowest BCUT2D eigenvalue weighted by Gasteiger charge is -2.18. The third-order valence-electron chi connectivity index (χ3n) is 9.49. The fourth-order valence-corrected chi connectivity index (χ4v) is 7.45. The van der Waals surface area contributed by atoms with E-state index < -0.39 is 0 Å². The van der Waals surface area contributed by atoms with Crippen LogP contribution in [0.2, 0.25) is 0 Å². The van der Waals surface area contributed by atoms with Crippen molar-refractivity contribution < 1.29 is 13.4 Å². The molecule has 7 rings (SSSR count). The summed E-state index contributed by atoms with van der Waals surface area (Å²) in [7, 11) is 2.04. The number of fused-ring (bicyclic) bond motifs is 3. The Balaban J connectivity index is 1.29. The van der Waals surface area contributed by atoms with Gasteiger partial charge in [-0.25, -0.2) is 8.96 Å². The molecule has 2 unspecified atom stereocenters. The van der Waals surface area contributed by atoms with Gasteiger partial charge in [-0.05, 0) is 78.8 Å². The van der Waals surface area contributed by atoms with Crippen LogP contribution in [0.5, 0.6) is 0 Å². The second-order valence-electron chi connectivity index (χ2n) is 11.7. The molecular weight excluding hydrogens is 469 g/mol. The van der Waals surface area contributed by atoms with Crippen molar-refractivity contribution in [3.63, 3.8) is 0 Å². The van der Waals surface area contributed by atoms with Crippen molar-refractivity contribution >= 4 is 21.9 Å². The first kappa shape index (κ1) is 23.6. The van der Waals surface area contributed by atoms with Crippen LogP contribution >= 0.6 is 0 Å². The molecule has 3 aromatic carbocycles. The second-order valence-corrected chi connectivity index (χ2v) is 11.7. The number of nitrogens with zero attached hydrogens (tertiary/aromatic N) is 1. The average Bonchev–Trinajstić information content (AvgIpc) is 3.69. The average molecular weight is 505 g/mol. The summed E-state index contributed by atoms with van der Waals surface area (Å²) in [5, 5.41) is 1.97. The Hall–Kier alpha value is -3.46. The monoisotopic (exact) mass is 504 g/mol. The molecule has 2 fully saturated rings. The van der Waals surface area contributed by atoms with Crippen LogP contribution in [0.15, 0.2) is 77.3 Å². The first-order valence-corrected chi connectivity index (χ1v) is 14.3. The number of pyridine rings is 1. The van der Waals surface area contributed by atoms with E-state index in [9.17, 15) is 0 Å². The van der Waals surface area contributed by atoms with Gasteiger partial charge in [0.1, 0.15) is 24.0 Å². The minimum Gasteiger partial charge on any atom is -0.454 e. The van der Waals surface area contributed by atoms with Gasteiger partial charge in [0.2, 0.25) is 5.69 Å². The summed E-state index contributed by atoms with van der Waals surface area (Å²) < 4.78 is 24.2. The topological polar surface area (TPSA) is 17.0 Å². The van der Waals surface area contributed by atoms with Crippen LogP contribution in [0.3, 0.4) is 0 Å². The zero-order valence-electron chi connectivity index (χ0n) is 22.3. The van der Waals surface area contributed by atoms with Gasteiger partial charge in [-0.1, -0.05) is 62.1 Å². The molecule has 2 atom stereocenters. The minimum absolute atomic E-state index is 0.241. The molecule has 0 saturated heterocycles. The van der Waals surface area contributed by atoms with Gasteiger partial charge in [0.25, 0.3) is 0 Å². The van der Waals surface area contributed by atoms with E-state index in [2.05, 4.69) is 54.0 Å². The summed E-state index contributed by atoms with van der Waals surface area (Å²) in [4.78, 5) is 0. The van der Waals surface area contributed by atoms with Gasteiger partial charge < -0.3 is 4.42 Å². The standard InChI is InChI=1S/C35H35FNO/c1-22-10-17-28-29-18-19-30(36)33(35(29)38-34(28)32(22)31-9-5-6-20-37(31)2)25-13-11-24(12-14-25)27-16-15-26(21-27)23-7-3-4-8-23/h5-6,9-14,17-20,23,26-27H,3-4,7-8,15-16,21H2,1-2H3/q+1. The highest BCUT2D eigenvalue weighted by Crippen LogP contribution is 2.47. The molecule has 0 N–H and O–H groups in total. The van der Waals surface area contributed by atoms with Crippen LogP contribution in [-0.2, 0) is 7.05 Å². The lowest BCUT2D eigenvalue weighted by molar-refractivity contribution is -0.660. The molecule has 5 aromatic rings. The van der Waals surface area contributed by atoms with Crippen LogP contribution in [0.4, 0.5) is 4.39 Å². The predicted molar refractivity (Wildman–Crippen MR) is 153 cm³/mol. The third kappa shape index (κ3) is 3.86. The zero-order valence-corrected chi connectivity index (χ0v) is 22.3. The van der Waals surface area contributed by atoms with Crippen molar-refractivity contribution in [2.75, 3.05) is 0 Å². The fraction of sp³-hybridized carbons (Fsp3) is 0.343. The highest BCUT2D eigenvalue weighted by atomic mass is 19.1. The van der Waals surface area contributed by atoms with Crippen molar-refractivity contribution in [3.05, 3.63) is 89.9 Å². The molecule has 192 valence electrons. The molecule has 0 radical (unpaired) electrons. The molecule has 2 aliphatic rings. The Morgan fingerprint density at radius 3 is 2.26 bits per heavy atom. The smallest absolute Gasteiger partial charge is 0.216 e. The minimum atomic E-state index is -0.241. The number of aromatic nitrogens is 1. The fourth-order valence-electron chi connectivity index (χ4n) is 7.45. The molecule has 3 heteroatoms. The van der Waals surface area contributed by atoms with Crippen molar-refractivity contribution in [2.24, 2.45) is 18.9 Å². The van der Waals surface area contributed by atoms with E-state index in [0.717, 1.165) is 50.6 Å². The van der Waals surface area contributed by atoms with Gasteiger partial charge in [0.05, 0.1) is 11.1 Å². The predicted octanol–water partition coefficient (Wildman–Crippen LogP) is 9.27. The maximum Gasteiger partial charge on any atom is 0.216 e. The number of hydrogen-bond acceptors (Lipinski definition) is 1. The van der Waals surface area contributed by atoms with E-state index in [-0.39, 0.29) is 5.82 Å². The normalized spacial score (nSPS) is 20.2. The van der Waals surface area contributed by atoms with Gasteiger partial charge in [0.15, 0.2) is 6.20 Å². The Kier molecular flexibility index (Phi) is 5.83. The van der Waals surface area contributed by atoms with Crippen LogP contribution in [0, 0.1) is 24.6 Å². The summed E-state index contributed by atoms with van der Waals surface area (Å²) in [6, 6.07) is 22.5. The molecule has 0 spiro atoms. The van der Waals surface area contributed by atoms with Crippen LogP contribution in [0.1, 0.15) is 62.0 Å². The largest absolute Gasteiger partial charge is 0.454 e. The molecule has 0 aliphatic heterocycles. The van der Waals surface area contributed by atoms with E-state index in [0.29, 0.717) is 17.1 Å². The Labute approximate surface area is 224 Å². The zero-order chi connectivity index (χ0) is 25.8. The lowest BCUT2D eigenvalue weighted by Crippen LogP contribution is -2.30. The summed E-state index contributed by atoms with van der Waals surface area (Å²) in [6.45, 7) is 2.11. The van der Waals surface area contributed by atoms with Crippen LogP contribution < -0.4 is 4.57 Å². The number of halogens is 1. The highest BCUT2D eigenvalue weighted by Gasteiger charge is 2.33. The van der Waals surface area contributed by atoms with Gasteiger partial charge in [-0.3, -0.25) is 0 Å². The second kappa shape index (κ2) is 9.38. The van der Waals surface area contributed by atoms with E-state index in [1.807, 2.05) is 31.4 Å². The Morgan fingerprint density at radius 2 is 1.50 bits per heavy atom. The van der Waals surface area contributed by atoms with E-state index in [4.69, 9.17) is 4.42 Å². The highest BCUT2D eigenvalue weighted by molar-refractivity contribution is 6.13. The van der Waals surface area contributed by atoms with Crippen molar-refractivity contribution in [1.82, 2.24) is 0 Å². The molecule has 2 heterocycles.